The number of halogens is 1. The number of ketones is 1. The average molecular weight is 358 g/mol. The standard InChI is InChI=1S/C17H12BrNO3/c1-22-12-5-2-10(3-6-12)16(20)9-14-13-8-11(18)4-7-15(13)19-17(14)21/h2-9H,1H3,(H,19,21)/b14-9+. The lowest BCUT2D eigenvalue weighted by Gasteiger charge is -2.01. The highest BCUT2D eigenvalue weighted by Crippen LogP contribution is 2.34. The van der Waals surface area contributed by atoms with E-state index in [1.54, 1.807) is 37.4 Å². The van der Waals surface area contributed by atoms with Crippen molar-refractivity contribution in [1.82, 2.24) is 0 Å². The zero-order chi connectivity index (χ0) is 15.7. The maximum atomic E-state index is 12.3. The maximum absolute atomic E-state index is 12.3. The van der Waals surface area contributed by atoms with Crippen molar-refractivity contribution < 1.29 is 14.3 Å². The molecule has 1 aliphatic rings. The molecule has 5 heteroatoms. The van der Waals surface area contributed by atoms with Crippen LogP contribution in [-0.4, -0.2) is 18.8 Å². The Morgan fingerprint density at radius 2 is 1.91 bits per heavy atom. The summed E-state index contributed by atoms with van der Waals surface area (Å²) in [7, 11) is 1.57. The van der Waals surface area contributed by atoms with Crippen molar-refractivity contribution in [2.24, 2.45) is 0 Å². The molecule has 0 bridgehead atoms. The smallest absolute Gasteiger partial charge is 0.256 e. The second-order valence-electron chi connectivity index (χ2n) is 4.79. The summed E-state index contributed by atoms with van der Waals surface area (Å²) in [5.41, 5.74) is 2.31. The minimum absolute atomic E-state index is 0.222. The molecule has 0 aliphatic carbocycles. The SMILES string of the molecule is COc1ccc(C(=O)/C=C2/C(=O)Nc3ccc(Br)cc32)cc1. The average Bonchev–Trinajstić information content (AvgIpc) is 2.83. The van der Waals surface area contributed by atoms with Crippen LogP contribution in [0.1, 0.15) is 15.9 Å². The quantitative estimate of drug-likeness (QED) is 0.673. The molecule has 110 valence electrons. The van der Waals surface area contributed by atoms with Crippen molar-refractivity contribution in [3.05, 3.63) is 64.1 Å². The number of nitrogens with one attached hydrogen (secondary N) is 1. The Morgan fingerprint density at radius 1 is 1.18 bits per heavy atom. The highest BCUT2D eigenvalue weighted by molar-refractivity contribution is 9.10. The Morgan fingerprint density at radius 3 is 2.59 bits per heavy atom. The van der Waals surface area contributed by atoms with Crippen LogP contribution < -0.4 is 10.1 Å². The van der Waals surface area contributed by atoms with Crippen LogP contribution in [0, 0.1) is 0 Å². The van der Waals surface area contributed by atoms with E-state index in [4.69, 9.17) is 4.74 Å². The van der Waals surface area contributed by atoms with Crippen LogP contribution in [0.4, 0.5) is 5.69 Å². The number of anilines is 1. The van der Waals surface area contributed by atoms with Crippen LogP contribution in [0.5, 0.6) is 5.75 Å². The summed E-state index contributed by atoms with van der Waals surface area (Å²) in [5, 5.41) is 2.75. The van der Waals surface area contributed by atoms with Crippen molar-refractivity contribution in [2.45, 2.75) is 0 Å². The number of amides is 1. The van der Waals surface area contributed by atoms with Gasteiger partial charge in [0.15, 0.2) is 5.78 Å². The first-order valence-electron chi connectivity index (χ1n) is 6.60. The highest BCUT2D eigenvalue weighted by atomic mass is 79.9. The molecule has 0 aromatic heterocycles. The van der Waals surface area contributed by atoms with Crippen molar-refractivity contribution in [1.29, 1.82) is 0 Å². The van der Waals surface area contributed by atoms with Crippen molar-refractivity contribution >= 4 is 38.9 Å². The predicted molar refractivity (Wildman–Crippen MR) is 88.1 cm³/mol. The van der Waals surface area contributed by atoms with Crippen LogP contribution in [-0.2, 0) is 4.79 Å². The Labute approximate surface area is 135 Å². The second kappa shape index (κ2) is 5.77. The van der Waals surface area contributed by atoms with Gasteiger partial charge in [0.2, 0.25) is 0 Å². The van der Waals surface area contributed by atoms with E-state index in [1.807, 2.05) is 12.1 Å². The molecule has 0 unspecified atom stereocenters. The Balaban J connectivity index is 1.96. The van der Waals surface area contributed by atoms with E-state index in [1.165, 1.54) is 6.08 Å². The molecule has 0 spiro atoms. The van der Waals surface area contributed by atoms with Gasteiger partial charge in [-0.3, -0.25) is 9.59 Å². The van der Waals surface area contributed by atoms with Crippen molar-refractivity contribution in [3.8, 4) is 5.75 Å². The van der Waals surface area contributed by atoms with Crippen LogP contribution in [0.3, 0.4) is 0 Å². The molecule has 2 aromatic carbocycles. The van der Waals surface area contributed by atoms with Crippen molar-refractivity contribution in [3.63, 3.8) is 0 Å². The van der Waals surface area contributed by atoms with Crippen molar-refractivity contribution in [2.75, 3.05) is 12.4 Å². The minimum Gasteiger partial charge on any atom is -0.497 e. The number of ether oxygens (including phenoxy) is 1. The number of hydrogen-bond donors (Lipinski definition) is 1. The third-order valence-electron chi connectivity index (χ3n) is 3.41. The molecule has 1 N–H and O–H groups in total. The number of rotatable bonds is 3. The summed E-state index contributed by atoms with van der Waals surface area (Å²) in [5.74, 6) is 0.188. The largest absolute Gasteiger partial charge is 0.497 e. The molecule has 0 fully saturated rings. The van der Waals surface area contributed by atoms with Gasteiger partial charge >= 0.3 is 0 Å². The zero-order valence-corrected chi connectivity index (χ0v) is 13.3. The van der Waals surface area contributed by atoms with Gasteiger partial charge in [-0.15, -0.1) is 0 Å². The Kier molecular flexibility index (Phi) is 3.81. The van der Waals surface area contributed by atoms with Gasteiger partial charge in [0.1, 0.15) is 5.75 Å². The van der Waals surface area contributed by atoms with Crippen LogP contribution >= 0.6 is 15.9 Å². The number of allylic oxidation sites excluding steroid dienone is 1. The first-order chi connectivity index (χ1) is 10.6. The lowest BCUT2D eigenvalue weighted by atomic mass is 10.0. The molecule has 0 saturated heterocycles. The summed E-state index contributed by atoms with van der Waals surface area (Å²) in [4.78, 5) is 24.4. The third kappa shape index (κ3) is 2.67. The lowest BCUT2D eigenvalue weighted by Crippen LogP contribution is -2.06. The summed E-state index contributed by atoms with van der Waals surface area (Å²) in [6.07, 6.45) is 1.37. The number of carbonyl (C=O) groups excluding carboxylic acids is 2. The molecule has 4 nitrogen and oxygen atoms in total. The van der Waals surface area contributed by atoms with Gasteiger partial charge in [0.05, 0.1) is 12.7 Å². The van der Waals surface area contributed by atoms with Gasteiger partial charge in [-0.05, 0) is 48.5 Å². The molecule has 1 amide bonds. The van der Waals surface area contributed by atoms with E-state index in [0.717, 1.165) is 10.0 Å². The maximum Gasteiger partial charge on any atom is 0.256 e. The predicted octanol–water partition coefficient (Wildman–Crippen LogP) is 3.68. The van der Waals surface area contributed by atoms with Gasteiger partial charge in [-0.2, -0.15) is 0 Å². The fourth-order valence-corrected chi connectivity index (χ4v) is 2.63. The fraction of sp³-hybridized carbons (Fsp3) is 0.0588. The number of carbonyl (C=O) groups is 2. The molecule has 22 heavy (non-hydrogen) atoms. The van der Waals surface area contributed by atoms with E-state index in [-0.39, 0.29) is 11.7 Å². The van der Waals surface area contributed by atoms with E-state index in [2.05, 4.69) is 21.2 Å². The van der Waals surface area contributed by atoms with Crippen LogP contribution in [0.25, 0.3) is 5.57 Å². The highest BCUT2D eigenvalue weighted by Gasteiger charge is 2.25. The molecule has 0 saturated carbocycles. The summed E-state index contributed by atoms with van der Waals surface area (Å²) in [6.45, 7) is 0. The van der Waals surface area contributed by atoms with E-state index in [9.17, 15) is 9.59 Å². The van der Waals surface area contributed by atoms with Crippen LogP contribution in [0.2, 0.25) is 0 Å². The first-order valence-corrected chi connectivity index (χ1v) is 7.39. The topological polar surface area (TPSA) is 55.4 Å². The normalized spacial score (nSPS) is 14.6. The minimum atomic E-state index is -0.269. The molecule has 1 heterocycles. The van der Waals surface area contributed by atoms with Gasteiger partial charge in [0, 0.05) is 21.3 Å². The van der Waals surface area contributed by atoms with E-state index < -0.39 is 0 Å². The van der Waals surface area contributed by atoms with Gasteiger partial charge in [-0.25, -0.2) is 0 Å². The fourth-order valence-electron chi connectivity index (χ4n) is 2.27. The Hall–Kier alpha value is -2.40. The summed E-state index contributed by atoms with van der Waals surface area (Å²) in [6, 6.07) is 12.2. The molecule has 3 rings (SSSR count). The lowest BCUT2D eigenvalue weighted by molar-refractivity contribution is -0.110. The van der Waals surface area contributed by atoms with Gasteiger partial charge in [-0.1, -0.05) is 15.9 Å². The number of hydrogen-bond acceptors (Lipinski definition) is 3. The summed E-state index contributed by atoms with van der Waals surface area (Å²) >= 11 is 3.37. The van der Waals surface area contributed by atoms with Gasteiger partial charge in [0.25, 0.3) is 5.91 Å². The Bertz CT molecular complexity index is 794. The van der Waals surface area contributed by atoms with E-state index in [0.29, 0.717) is 22.6 Å². The number of fused-ring (bicyclic) bond motifs is 1. The van der Waals surface area contributed by atoms with Crippen LogP contribution in [0.15, 0.2) is 53.0 Å². The van der Waals surface area contributed by atoms with E-state index >= 15 is 0 Å². The van der Waals surface area contributed by atoms with Gasteiger partial charge < -0.3 is 10.1 Å². The monoisotopic (exact) mass is 357 g/mol. The molecule has 0 radical (unpaired) electrons. The molecular formula is C17H12BrNO3. The molecule has 1 aliphatic heterocycles. The second-order valence-corrected chi connectivity index (χ2v) is 5.71. The molecule has 0 atom stereocenters. The zero-order valence-electron chi connectivity index (χ0n) is 11.7. The molecular weight excluding hydrogens is 346 g/mol. The first kappa shape index (κ1) is 14.5. The number of methoxy groups -OCH3 is 1. The number of benzene rings is 2. The molecule has 2 aromatic rings. The summed E-state index contributed by atoms with van der Waals surface area (Å²) < 4.78 is 5.92. The third-order valence-corrected chi connectivity index (χ3v) is 3.91.